The van der Waals surface area contributed by atoms with Gasteiger partial charge in [0.1, 0.15) is 5.75 Å². The highest BCUT2D eigenvalue weighted by atomic mass is 16.5. The summed E-state index contributed by atoms with van der Waals surface area (Å²) in [7, 11) is 1.62. The molecule has 0 aliphatic carbocycles. The highest BCUT2D eigenvalue weighted by molar-refractivity contribution is 6.03. The molecular formula is C26H26N4O3. The molecule has 0 saturated heterocycles. The van der Waals surface area contributed by atoms with E-state index in [-0.39, 0.29) is 30.7 Å². The second-order valence-corrected chi connectivity index (χ2v) is 7.78. The highest BCUT2D eigenvalue weighted by Crippen LogP contribution is 2.34. The number of carbonyl (C=O) groups excluding carboxylic acids is 2. The SMILES string of the molecule is COc1ccc([C@@H]2CC(c3ccccc3)=NN2C(=O)CCC(=O)NCc2ccncc2)cc1. The molecule has 0 unspecified atom stereocenters. The van der Waals surface area contributed by atoms with Crippen LogP contribution >= 0.6 is 0 Å². The Morgan fingerprint density at radius 1 is 1.00 bits per heavy atom. The fourth-order valence-electron chi connectivity index (χ4n) is 3.76. The number of amides is 2. The van der Waals surface area contributed by atoms with Crippen molar-refractivity contribution in [3.63, 3.8) is 0 Å². The van der Waals surface area contributed by atoms with Crippen LogP contribution in [0.2, 0.25) is 0 Å². The second kappa shape index (κ2) is 10.5. The Labute approximate surface area is 193 Å². The average molecular weight is 443 g/mol. The van der Waals surface area contributed by atoms with Crippen molar-refractivity contribution < 1.29 is 14.3 Å². The average Bonchev–Trinajstić information content (AvgIpc) is 3.33. The van der Waals surface area contributed by atoms with Gasteiger partial charge in [-0.05, 0) is 41.0 Å². The van der Waals surface area contributed by atoms with Crippen molar-refractivity contribution in [1.82, 2.24) is 15.3 Å². The molecule has 0 radical (unpaired) electrons. The van der Waals surface area contributed by atoms with Gasteiger partial charge in [0.25, 0.3) is 0 Å². The molecule has 4 rings (SSSR count). The van der Waals surface area contributed by atoms with Crippen LogP contribution < -0.4 is 10.1 Å². The van der Waals surface area contributed by atoms with Crippen molar-refractivity contribution in [2.75, 3.05) is 7.11 Å². The number of carbonyl (C=O) groups is 2. The van der Waals surface area contributed by atoms with Crippen molar-refractivity contribution in [2.45, 2.75) is 31.8 Å². The minimum absolute atomic E-state index is 0.0837. The van der Waals surface area contributed by atoms with E-state index >= 15 is 0 Å². The van der Waals surface area contributed by atoms with Gasteiger partial charge in [0.2, 0.25) is 11.8 Å². The molecule has 7 heteroatoms. The van der Waals surface area contributed by atoms with Crippen LogP contribution in [0.15, 0.2) is 84.2 Å². The van der Waals surface area contributed by atoms with Crippen LogP contribution in [0.3, 0.4) is 0 Å². The summed E-state index contributed by atoms with van der Waals surface area (Å²) in [4.78, 5) is 29.4. The summed E-state index contributed by atoms with van der Waals surface area (Å²) in [6.45, 7) is 0.407. The van der Waals surface area contributed by atoms with Gasteiger partial charge in [-0.2, -0.15) is 5.10 Å². The van der Waals surface area contributed by atoms with Gasteiger partial charge < -0.3 is 10.1 Å². The molecule has 1 aliphatic rings. The largest absolute Gasteiger partial charge is 0.497 e. The summed E-state index contributed by atoms with van der Waals surface area (Å²) in [5.41, 5.74) is 3.77. The number of hydrogen-bond acceptors (Lipinski definition) is 5. The number of benzene rings is 2. The van der Waals surface area contributed by atoms with E-state index in [0.29, 0.717) is 13.0 Å². The molecule has 2 aromatic carbocycles. The summed E-state index contributed by atoms with van der Waals surface area (Å²) in [6, 6.07) is 21.0. The standard InChI is InChI=1S/C26H26N4O3/c1-33-22-9-7-21(8-10-22)24-17-23(20-5-3-2-4-6-20)29-30(24)26(32)12-11-25(31)28-18-19-13-15-27-16-14-19/h2-10,13-16,24H,11-12,17-18H2,1H3,(H,28,31)/t24-/m0/s1. The van der Waals surface area contributed by atoms with Gasteiger partial charge in [0, 0.05) is 38.2 Å². The van der Waals surface area contributed by atoms with E-state index in [4.69, 9.17) is 4.74 Å². The monoisotopic (exact) mass is 442 g/mol. The van der Waals surface area contributed by atoms with E-state index in [1.807, 2.05) is 66.7 Å². The number of methoxy groups -OCH3 is 1. The van der Waals surface area contributed by atoms with Crippen molar-refractivity contribution in [3.05, 3.63) is 95.8 Å². The molecule has 1 aliphatic heterocycles. The van der Waals surface area contributed by atoms with Gasteiger partial charge in [-0.15, -0.1) is 0 Å². The number of aromatic nitrogens is 1. The molecule has 1 aromatic heterocycles. The van der Waals surface area contributed by atoms with E-state index in [9.17, 15) is 9.59 Å². The molecular weight excluding hydrogens is 416 g/mol. The molecule has 33 heavy (non-hydrogen) atoms. The van der Waals surface area contributed by atoms with Crippen LogP contribution in [-0.4, -0.2) is 34.6 Å². The minimum atomic E-state index is -0.224. The fraction of sp³-hybridized carbons (Fsp3) is 0.231. The molecule has 1 atom stereocenters. The van der Waals surface area contributed by atoms with Crippen LogP contribution in [0.25, 0.3) is 0 Å². The van der Waals surface area contributed by atoms with E-state index in [2.05, 4.69) is 15.4 Å². The number of pyridine rings is 1. The Kier molecular flexibility index (Phi) is 7.09. The van der Waals surface area contributed by atoms with Gasteiger partial charge in [-0.3, -0.25) is 14.6 Å². The first-order valence-corrected chi connectivity index (χ1v) is 10.9. The first-order valence-electron chi connectivity index (χ1n) is 10.9. The summed E-state index contributed by atoms with van der Waals surface area (Å²) in [5.74, 6) is 0.401. The Morgan fingerprint density at radius 2 is 1.73 bits per heavy atom. The van der Waals surface area contributed by atoms with Gasteiger partial charge in [-0.1, -0.05) is 42.5 Å². The lowest BCUT2D eigenvalue weighted by Gasteiger charge is -2.22. The maximum atomic E-state index is 13.1. The van der Waals surface area contributed by atoms with Crippen LogP contribution in [0.4, 0.5) is 0 Å². The fourth-order valence-corrected chi connectivity index (χ4v) is 3.76. The quantitative estimate of drug-likeness (QED) is 0.574. The van der Waals surface area contributed by atoms with Crippen molar-refractivity contribution in [2.24, 2.45) is 5.10 Å². The number of hydrazone groups is 1. The third-order valence-electron chi connectivity index (χ3n) is 5.58. The summed E-state index contributed by atoms with van der Waals surface area (Å²) in [5, 5.41) is 9.04. The Balaban J connectivity index is 1.44. The number of nitrogens with one attached hydrogen (secondary N) is 1. The summed E-state index contributed by atoms with van der Waals surface area (Å²) < 4.78 is 5.26. The van der Waals surface area contributed by atoms with Crippen LogP contribution in [0.1, 0.15) is 42.0 Å². The first kappa shape index (κ1) is 22.2. The predicted molar refractivity (Wildman–Crippen MR) is 125 cm³/mol. The molecule has 3 aromatic rings. The van der Waals surface area contributed by atoms with Crippen molar-refractivity contribution in [1.29, 1.82) is 0 Å². The zero-order valence-electron chi connectivity index (χ0n) is 18.5. The molecule has 1 N–H and O–H groups in total. The number of nitrogens with zero attached hydrogens (tertiary/aromatic N) is 3. The lowest BCUT2D eigenvalue weighted by molar-refractivity contribution is -0.135. The minimum Gasteiger partial charge on any atom is -0.497 e. The zero-order chi connectivity index (χ0) is 23.0. The number of hydrogen-bond donors (Lipinski definition) is 1. The topological polar surface area (TPSA) is 83.9 Å². The van der Waals surface area contributed by atoms with Crippen molar-refractivity contribution in [3.8, 4) is 5.75 Å². The second-order valence-electron chi connectivity index (χ2n) is 7.78. The molecule has 2 amide bonds. The lowest BCUT2D eigenvalue weighted by Crippen LogP contribution is -2.29. The molecule has 2 heterocycles. The third-order valence-corrected chi connectivity index (χ3v) is 5.58. The van der Waals surface area contributed by atoms with Gasteiger partial charge >= 0.3 is 0 Å². The van der Waals surface area contributed by atoms with Gasteiger partial charge in [0.05, 0.1) is 18.9 Å². The number of ether oxygens (including phenoxy) is 1. The Morgan fingerprint density at radius 3 is 2.42 bits per heavy atom. The molecule has 7 nitrogen and oxygen atoms in total. The van der Waals surface area contributed by atoms with E-state index in [1.165, 1.54) is 5.01 Å². The van der Waals surface area contributed by atoms with Crippen molar-refractivity contribution >= 4 is 17.5 Å². The molecule has 0 spiro atoms. The lowest BCUT2D eigenvalue weighted by atomic mass is 9.98. The summed E-state index contributed by atoms with van der Waals surface area (Å²) in [6.07, 6.45) is 4.16. The van der Waals surface area contributed by atoms with E-state index in [0.717, 1.165) is 28.2 Å². The van der Waals surface area contributed by atoms with Gasteiger partial charge in [-0.25, -0.2) is 5.01 Å². The predicted octanol–water partition coefficient (Wildman–Crippen LogP) is 3.86. The normalized spacial score (nSPS) is 15.1. The molecule has 168 valence electrons. The van der Waals surface area contributed by atoms with E-state index < -0.39 is 0 Å². The smallest absolute Gasteiger partial charge is 0.243 e. The van der Waals surface area contributed by atoms with Crippen LogP contribution in [-0.2, 0) is 16.1 Å². The molecule has 0 fully saturated rings. The van der Waals surface area contributed by atoms with Crippen LogP contribution in [0.5, 0.6) is 5.75 Å². The van der Waals surface area contributed by atoms with Crippen LogP contribution in [0, 0.1) is 0 Å². The Hall–Kier alpha value is -4.00. The van der Waals surface area contributed by atoms with Gasteiger partial charge in [0.15, 0.2) is 0 Å². The maximum absolute atomic E-state index is 13.1. The zero-order valence-corrected chi connectivity index (χ0v) is 18.5. The molecule has 0 saturated carbocycles. The van der Waals surface area contributed by atoms with E-state index in [1.54, 1.807) is 19.5 Å². The maximum Gasteiger partial charge on any atom is 0.243 e. The third kappa shape index (κ3) is 5.63. The molecule has 0 bridgehead atoms. The number of rotatable bonds is 8. The first-order chi connectivity index (χ1) is 16.1. The highest BCUT2D eigenvalue weighted by Gasteiger charge is 2.33. The Bertz CT molecular complexity index is 1120. The summed E-state index contributed by atoms with van der Waals surface area (Å²) >= 11 is 0.